The zero-order chi connectivity index (χ0) is 14.1. The maximum atomic E-state index is 13.5. The van der Waals surface area contributed by atoms with E-state index in [0.29, 0.717) is 7.11 Å². The molecule has 0 aliphatic carbocycles. The number of methoxy groups -OCH3 is 1. The Morgan fingerprint density at radius 1 is 1.39 bits per heavy atom. The predicted molar refractivity (Wildman–Crippen MR) is 56.5 cm³/mol. The first-order valence-electron chi connectivity index (χ1n) is 4.47. The molecule has 0 heterocycles. The molecular weight excluding hydrogens is 324 g/mol. The van der Waals surface area contributed by atoms with Gasteiger partial charge in [0.2, 0.25) is 0 Å². The van der Waals surface area contributed by atoms with Gasteiger partial charge in [-0.2, -0.15) is 13.2 Å². The highest BCUT2D eigenvalue weighted by atomic mass is 79.9. The van der Waals surface area contributed by atoms with Crippen molar-refractivity contribution in [3.8, 4) is 0 Å². The molecule has 0 saturated heterocycles. The van der Waals surface area contributed by atoms with Crippen molar-refractivity contribution in [2.24, 2.45) is 0 Å². The van der Waals surface area contributed by atoms with Crippen LogP contribution in [0.5, 0.6) is 0 Å². The van der Waals surface area contributed by atoms with Crippen molar-refractivity contribution < 1.29 is 32.2 Å². The second-order valence-corrected chi connectivity index (χ2v) is 4.23. The molecule has 1 aromatic carbocycles. The normalized spacial score (nSPS) is 15.2. The van der Waals surface area contributed by atoms with E-state index in [-0.39, 0.29) is 4.47 Å². The van der Waals surface area contributed by atoms with Crippen LogP contribution in [-0.2, 0) is 15.1 Å². The number of rotatable bonds is 3. The van der Waals surface area contributed by atoms with E-state index < -0.39 is 29.1 Å². The number of alkyl halides is 3. The van der Waals surface area contributed by atoms with Gasteiger partial charge in [-0.3, -0.25) is 0 Å². The summed E-state index contributed by atoms with van der Waals surface area (Å²) in [5, 5.41) is 8.80. The van der Waals surface area contributed by atoms with E-state index in [2.05, 4.69) is 20.7 Å². The number of carboxylic acids is 1. The monoisotopic (exact) mass is 330 g/mol. The van der Waals surface area contributed by atoms with Gasteiger partial charge in [0, 0.05) is 17.1 Å². The smallest absolute Gasteiger partial charge is 0.432 e. The maximum Gasteiger partial charge on any atom is 0.432 e. The van der Waals surface area contributed by atoms with E-state index >= 15 is 0 Å². The van der Waals surface area contributed by atoms with Gasteiger partial charge in [-0.15, -0.1) is 0 Å². The standard InChI is InChI=1S/C10H7BrF4O3/c1-18-9(8(16)17,10(13,14)15)6-4-5(11)2-3-7(6)12/h2-4H,1H3,(H,16,17). The Bertz CT molecular complexity index is 475. The lowest BCUT2D eigenvalue weighted by Gasteiger charge is -2.30. The fourth-order valence-corrected chi connectivity index (χ4v) is 1.83. The van der Waals surface area contributed by atoms with Gasteiger partial charge >= 0.3 is 12.1 Å². The summed E-state index contributed by atoms with van der Waals surface area (Å²) in [7, 11) is 0.557. The summed E-state index contributed by atoms with van der Waals surface area (Å²) in [5.41, 5.74) is -4.85. The van der Waals surface area contributed by atoms with Crippen LogP contribution in [0.3, 0.4) is 0 Å². The molecule has 0 amide bonds. The molecule has 0 spiro atoms. The molecule has 1 atom stereocenters. The number of ether oxygens (including phenoxy) is 1. The second kappa shape index (κ2) is 4.85. The SMILES string of the molecule is COC(C(=O)O)(c1cc(Br)ccc1F)C(F)(F)F. The Morgan fingerprint density at radius 2 is 1.94 bits per heavy atom. The zero-order valence-electron chi connectivity index (χ0n) is 8.89. The first-order chi connectivity index (χ1) is 8.16. The third-order valence-corrected chi connectivity index (χ3v) is 2.81. The maximum absolute atomic E-state index is 13.5. The molecule has 1 N–H and O–H groups in total. The van der Waals surface area contributed by atoms with Crippen molar-refractivity contribution in [2.75, 3.05) is 7.11 Å². The molecule has 0 radical (unpaired) electrons. The first kappa shape index (κ1) is 14.9. The minimum Gasteiger partial charge on any atom is -0.479 e. The van der Waals surface area contributed by atoms with Gasteiger partial charge in [-0.25, -0.2) is 9.18 Å². The van der Waals surface area contributed by atoms with Crippen LogP contribution < -0.4 is 0 Å². The second-order valence-electron chi connectivity index (χ2n) is 3.31. The molecular formula is C10H7BrF4O3. The number of aliphatic carboxylic acids is 1. The summed E-state index contributed by atoms with van der Waals surface area (Å²) in [5.74, 6) is -3.66. The number of hydrogen-bond acceptors (Lipinski definition) is 2. The van der Waals surface area contributed by atoms with E-state index in [4.69, 9.17) is 5.11 Å². The molecule has 8 heteroatoms. The van der Waals surface area contributed by atoms with Crippen LogP contribution in [0, 0.1) is 5.82 Å². The number of halogens is 5. The van der Waals surface area contributed by atoms with Crippen molar-refractivity contribution in [1.82, 2.24) is 0 Å². The molecule has 18 heavy (non-hydrogen) atoms. The van der Waals surface area contributed by atoms with Crippen molar-refractivity contribution in [3.05, 3.63) is 34.1 Å². The lowest BCUT2D eigenvalue weighted by Crippen LogP contribution is -2.51. The molecule has 0 bridgehead atoms. The Morgan fingerprint density at radius 3 is 2.33 bits per heavy atom. The zero-order valence-corrected chi connectivity index (χ0v) is 10.5. The fraction of sp³-hybridized carbons (Fsp3) is 0.300. The van der Waals surface area contributed by atoms with E-state index in [1.165, 1.54) is 0 Å². The van der Waals surface area contributed by atoms with Gasteiger partial charge in [-0.1, -0.05) is 15.9 Å². The highest BCUT2D eigenvalue weighted by Gasteiger charge is 2.64. The first-order valence-corrected chi connectivity index (χ1v) is 5.27. The lowest BCUT2D eigenvalue weighted by atomic mass is 9.92. The van der Waals surface area contributed by atoms with Crippen LogP contribution >= 0.6 is 15.9 Å². The van der Waals surface area contributed by atoms with Crippen LogP contribution in [-0.4, -0.2) is 24.4 Å². The van der Waals surface area contributed by atoms with E-state index in [1.54, 1.807) is 0 Å². The average Bonchev–Trinajstić information content (AvgIpc) is 2.22. The molecule has 3 nitrogen and oxygen atoms in total. The minimum atomic E-state index is -5.31. The molecule has 1 aromatic rings. The molecule has 0 aromatic heterocycles. The predicted octanol–water partition coefficient (Wildman–Crippen LogP) is 3.08. The van der Waals surface area contributed by atoms with Crippen LogP contribution in [0.2, 0.25) is 0 Å². The van der Waals surface area contributed by atoms with E-state index in [1.807, 2.05) is 0 Å². The van der Waals surface area contributed by atoms with Crippen LogP contribution in [0.25, 0.3) is 0 Å². The van der Waals surface area contributed by atoms with Crippen LogP contribution in [0.15, 0.2) is 22.7 Å². The molecule has 0 aliphatic rings. The third kappa shape index (κ3) is 2.22. The van der Waals surface area contributed by atoms with Gasteiger partial charge in [0.1, 0.15) is 5.82 Å². The molecule has 0 fully saturated rings. The summed E-state index contributed by atoms with van der Waals surface area (Å²) in [6.07, 6.45) is -5.31. The number of benzene rings is 1. The van der Waals surface area contributed by atoms with Crippen LogP contribution in [0.4, 0.5) is 17.6 Å². The molecule has 1 unspecified atom stereocenters. The summed E-state index contributed by atoms with van der Waals surface area (Å²) in [6.45, 7) is 0. The van der Waals surface area contributed by atoms with Gasteiger partial charge in [0.25, 0.3) is 5.60 Å². The quantitative estimate of drug-likeness (QED) is 0.866. The summed E-state index contributed by atoms with van der Waals surface area (Å²) in [4.78, 5) is 10.9. The molecule has 1 rings (SSSR count). The third-order valence-electron chi connectivity index (χ3n) is 2.31. The highest BCUT2D eigenvalue weighted by Crippen LogP contribution is 2.43. The number of carbonyl (C=O) groups is 1. The van der Waals surface area contributed by atoms with Crippen molar-refractivity contribution in [3.63, 3.8) is 0 Å². The molecule has 0 aliphatic heterocycles. The van der Waals surface area contributed by atoms with Gasteiger partial charge < -0.3 is 9.84 Å². The van der Waals surface area contributed by atoms with Gasteiger partial charge in [0.15, 0.2) is 0 Å². The van der Waals surface area contributed by atoms with E-state index in [0.717, 1.165) is 18.2 Å². The Hall–Kier alpha value is -1.15. The Labute approximate surface area is 107 Å². The average molecular weight is 331 g/mol. The summed E-state index contributed by atoms with van der Waals surface area (Å²) in [6, 6.07) is 2.60. The van der Waals surface area contributed by atoms with Crippen molar-refractivity contribution in [1.29, 1.82) is 0 Å². The topological polar surface area (TPSA) is 46.5 Å². The fourth-order valence-electron chi connectivity index (χ4n) is 1.47. The number of hydrogen-bond donors (Lipinski definition) is 1. The lowest BCUT2D eigenvalue weighted by molar-refractivity contribution is -0.274. The Kier molecular flexibility index (Phi) is 4.02. The molecule has 0 saturated carbocycles. The van der Waals surface area contributed by atoms with Gasteiger partial charge in [0.05, 0.1) is 0 Å². The largest absolute Gasteiger partial charge is 0.479 e. The van der Waals surface area contributed by atoms with Gasteiger partial charge in [-0.05, 0) is 18.2 Å². The highest BCUT2D eigenvalue weighted by molar-refractivity contribution is 9.10. The van der Waals surface area contributed by atoms with Crippen molar-refractivity contribution >= 4 is 21.9 Å². The summed E-state index contributed by atoms with van der Waals surface area (Å²) >= 11 is 2.85. The van der Waals surface area contributed by atoms with Crippen LogP contribution in [0.1, 0.15) is 5.56 Å². The van der Waals surface area contributed by atoms with Crippen molar-refractivity contribution in [2.45, 2.75) is 11.8 Å². The minimum absolute atomic E-state index is 0.103. The Balaban J connectivity index is 3.63. The van der Waals surface area contributed by atoms with E-state index in [9.17, 15) is 22.4 Å². The molecule has 100 valence electrons. The number of carboxylic acid groups (broad SMARTS) is 1. The summed E-state index contributed by atoms with van der Waals surface area (Å²) < 4.78 is 56.5.